The Morgan fingerprint density at radius 1 is 0.750 bits per heavy atom. The van der Waals surface area contributed by atoms with Crippen molar-refractivity contribution in [1.82, 2.24) is 0 Å². The fraction of sp³-hybridized carbons (Fsp3) is 0.958. The van der Waals surface area contributed by atoms with Crippen LogP contribution in [0, 0.1) is 0 Å². The number of rotatable bonds is 16. The zero-order chi connectivity index (χ0) is 20.9. The molecule has 0 bridgehead atoms. The molecular formula is C24H50O3Si. The minimum Gasteiger partial charge on any atom is -0.481 e. The van der Waals surface area contributed by atoms with Gasteiger partial charge in [-0.3, -0.25) is 4.79 Å². The minimum atomic E-state index is -1.09. The predicted octanol–water partition coefficient (Wildman–Crippen LogP) is 8.33. The fourth-order valence-corrected chi connectivity index (χ4v) is 5.66. The standard InChI is InChI=1S/C18H36O2.C6H14OSi/c1-2-3-4-5-6-7-8-9-10-11-12-13-14-15-16-17-18(19)20;1-8(2)6-4-3-5-7-8/h2-17H2,1H3,(H,19,20);3-6H2,1-2H3. The zero-order valence-corrected chi connectivity index (χ0v) is 20.4. The number of carboxylic acid groups (broad SMARTS) is 1. The first kappa shape index (κ1) is 27.6. The Kier molecular flexibility index (Phi) is 19.7. The molecular weight excluding hydrogens is 364 g/mol. The van der Waals surface area contributed by atoms with Crippen LogP contribution in [0.2, 0.25) is 19.1 Å². The van der Waals surface area contributed by atoms with Gasteiger partial charge in [-0.05, 0) is 32.0 Å². The maximum atomic E-state index is 10.3. The highest BCUT2D eigenvalue weighted by atomic mass is 28.4. The summed E-state index contributed by atoms with van der Waals surface area (Å²) in [6.45, 7) is 7.89. The Morgan fingerprint density at radius 3 is 1.46 bits per heavy atom. The number of aliphatic carboxylic acids is 1. The molecule has 1 fully saturated rings. The van der Waals surface area contributed by atoms with Gasteiger partial charge in [-0.15, -0.1) is 0 Å². The van der Waals surface area contributed by atoms with E-state index in [1.54, 1.807) is 0 Å². The van der Waals surface area contributed by atoms with Gasteiger partial charge in [0.15, 0.2) is 8.32 Å². The molecule has 1 aliphatic rings. The van der Waals surface area contributed by atoms with E-state index < -0.39 is 14.3 Å². The molecule has 0 aromatic carbocycles. The van der Waals surface area contributed by atoms with E-state index in [0.717, 1.165) is 19.4 Å². The molecule has 0 radical (unpaired) electrons. The molecule has 1 saturated heterocycles. The van der Waals surface area contributed by atoms with Crippen molar-refractivity contribution >= 4 is 14.3 Å². The summed E-state index contributed by atoms with van der Waals surface area (Å²) >= 11 is 0. The van der Waals surface area contributed by atoms with Crippen molar-refractivity contribution in [2.45, 2.75) is 142 Å². The van der Waals surface area contributed by atoms with Gasteiger partial charge in [0.1, 0.15) is 0 Å². The number of unbranched alkanes of at least 4 members (excludes halogenated alkanes) is 14. The Morgan fingerprint density at radius 2 is 1.18 bits per heavy atom. The van der Waals surface area contributed by atoms with Gasteiger partial charge in [-0.25, -0.2) is 0 Å². The fourth-order valence-electron chi connectivity index (χ4n) is 3.72. The second-order valence-corrected chi connectivity index (χ2v) is 13.5. The quantitative estimate of drug-likeness (QED) is 0.204. The van der Waals surface area contributed by atoms with Crippen LogP contribution in [-0.2, 0) is 9.22 Å². The van der Waals surface area contributed by atoms with Crippen LogP contribution in [0.25, 0.3) is 0 Å². The second-order valence-electron chi connectivity index (χ2n) is 9.16. The van der Waals surface area contributed by atoms with Gasteiger partial charge in [0.25, 0.3) is 0 Å². The van der Waals surface area contributed by atoms with Gasteiger partial charge >= 0.3 is 5.97 Å². The molecule has 28 heavy (non-hydrogen) atoms. The van der Waals surface area contributed by atoms with Crippen molar-refractivity contribution in [3.63, 3.8) is 0 Å². The maximum absolute atomic E-state index is 10.3. The second kappa shape index (κ2) is 19.9. The number of carboxylic acids is 1. The molecule has 1 heterocycles. The number of hydrogen-bond donors (Lipinski definition) is 1. The molecule has 0 unspecified atom stereocenters. The van der Waals surface area contributed by atoms with Gasteiger partial charge in [-0.1, -0.05) is 103 Å². The zero-order valence-electron chi connectivity index (χ0n) is 19.4. The normalized spacial score (nSPS) is 15.7. The first-order valence-corrected chi connectivity index (χ1v) is 15.5. The predicted molar refractivity (Wildman–Crippen MR) is 125 cm³/mol. The summed E-state index contributed by atoms with van der Waals surface area (Å²) in [4.78, 5) is 10.3. The van der Waals surface area contributed by atoms with Crippen LogP contribution < -0.4 is 0 Å². The van der Waals surface area contributed by atoms with Gasteiger partial charge in [0, 0.05) is 13.0 Å². The SMILES string of the molecule is CCCCCCCCCCCCCCCCCC(=O)O.C[Si]1(C)CCCCO1. The summed E-state index contributed by atoms with van der Waals surface area (Å²) in [5, 5.41) is 8.52. The molecule has 1 aliphatic heterocycles. The van der Waals surface area contributed by atoms with Crippen molar-refractivity contribution in [3.8, 4) is 0 Å². The summed E-state index contributed by atoms with van der Waals surface area (Å²) < 4.78 is 5.60. The third-order valence-electron chi connectivity index (χ3n) is 5.66. The summed E-state index contributed by atoms with van der Waals surface area (Å²) in [6.07, 6.45) is 22.9. The Hall–Kier alpha value is -0.353. The Labute approximate surface area is 177 Å². The smallest absolute Gasteiger partial charge is 0.303 e. The van der Waals surface area contributed by atoms with E-state index >= 15 is 0 Å². The van der Waals surface area contributed by atoms with E-state index in [9.17, 15) is 4.79 Å². The molecule has 0 aromatic heterocycles. The van der Waals surface area contributed by atoms with Gasteiger partial charge in [-0.2, -0.15) is 0 Å². The van der Waals surface area contributed by atoms with Crippen LogP contribution in [0.1, 0.15) is 122 Å². The average Bonchev–Trinajstić information content (AvgIpc) is 2.65. The van der Waals surface area contributed by atoms with Crippen LogP contribution >= 0.6 is 0 Å². The van der Waals surface area contributed by atoms with Crippen LogP contribution in [0.15, 0.2) is 0 Å². The lowest BCUT2D eigenvalue weighted by molar-refractivity contribution is -0.137. The van der Waals surface area contributed by atoms with Crippen LogP contribution in [0.5, 0.6) is 0 Å². The summed E-state index contributed by atoms with van der Waals surface area (Å²) in [5.74, 6) is -0.653. The van der Waals surface area contributed by atoms with Crippen molar-refractivity contribution < 1.29 is 14.3 Å². The van der Waals surface area contributed by atoms with Crippen LogP contribution in [0.3, 0.4) is 0 Å². The summed E-state index contributed by atoms with van der Waals surface area (Å²) in [6, 6.07) is 1.37. The molecule has 0 aliphatic carbocycles. The lowest BCUT2D eigenvalue weighted by Crippen LogP contribution is -2.33. The monoisotopic (exact) mass is 414 g/mol. The van der Waals surface area contributed by atoms with Crippen molar-refractivity contribution in [2.24, 2.45) is 0 Å². The molecule has 0 aromatic rings. The molecule has 3 nitrogen and oxygen atoms in total. The van der Waals surface area contributed by atoms with Crippen molar-refractivity contribution in [3.05, 3.63) is 0 Å². The van der Waals surface area contributed by atoms with Crippen LogP contribution in [0.4, 0.5) is 0 Å². The van der Waals surface area contributed by atoms with Crippen molar-refractivity contribution in [2.75, 3.05) is 6.61 Å². The van der Waals surface area contributed by atoms with E-state index in [0.29, 0.717) is 6.42 Å². The molecule has 0 saturated carbocycles. The van der Waals surface area contributed by atoms with Gasteiger partial charge in [0.2, 0.25) is 0 Å². The lowest BCUT2D eigenvalue weighted by atomic mass is 10.0. The molecule has 0 amide bonds. The Bertz CT molecular complexity index is 337. The highest BCUT2D eigenvalue weighted by Gasteiger charge is 2.24. The molecule has 168 valence electrons. The molecule has 1 rings (SSSR count). The van der Waals surface area contributed by atoms with Crippen LogP contribution in [-0.4, -0.2) is 26.0 Å². The van der Waals surface area contributed by atoms with E-state index in [-0.39, 0.29) is 0 Å². The lowest BCUT2D eigenvalue weighted by Gasteiger charge is -2.27. The molecule has 4 heteroatoms. The highest BCUT2D eigenvalue weighted by Crippen LogP contribution is 2.20. The largest absolute Gasteiger partial charge is 0.481 e. The Balaban J connectivity index is 0.000000749. The van der Waals surface area contributed by atoms with E-state index in [1.807, 2.05) is 0 Å². The molecule has 0 spiro atoms. The van der Waals surface area contributed by atoms with E-state index in [4.69, 9.17) is 9.53 Å². The van der Waals surface area contributed by atoms with Crippen molar-refractivity contribution in [1.29, 1.82) is 0 Å². The number of carbonyl (C=O) groups is 1. The van der Waals surface area contributed by atoms with E-state index in [1.165, 1.54) is 102 Å². The summed E-state index contributed by atoms with van der Waals surface area (Å²) in [7, 11) is -1.09. The summed E-state index contributed by atoms with van der Waals surface area (Å²) in [5.41, 5.74) is 0. The van der Waals surface area contributed by atoms with E-state index in [2.05, 4.69) is 20.0 Å². The van der Waals surface area contributed by atoms with Gasteiger partial charge in [0.05, 0.1) is 0 Å². The molecule has 1 N–H and O–H groups in total. The third kappa shape index (κ3) is 21.9. The topological polar surface area (TPSA) is 46.5 Å². The first-order chi connectivity index (χ1) is 13.5. The minimum absolute atomic E-state index is 0.345. The average molecular weight is 415 g/mol. The molecule has 0 atom stereocenters. The maximum Gasteiger partial charge on any atom is 0.303 e. The van der Waals surface area contributed by atoms with Gasteiger partial charge < -0.3 is 9.53 Å². The highest BCUT2D eigenvalue weighted by molar-refractivity contribution is 6.71. The third-order valence-corrected chi connectivity index (χ3v) is 8.20. The number of hydrogen-bond acceptors (Lipinski definition) is 2. The first-order valence-electron chi connectivity index (χ1n) is 12.3.